The molecule has 0 saturated heterocycles. The molecule has 1 aromatic heterocycles. The Morgan fingerprint density at radius 3 is 2.92 bits per heavy atom. The smallest absolute Gasteiger partial charge is 0.235 e. The molecule has 0 radical (unpaired) electrons. The van der Waals surface area contributed by atoms with Gasteiger partial charge in [-0.2, -0.15) is 0 Å². The van der Waals surface area contributed by atoms with Crippen molar-refractivity contribution in [3.8, 4) is 5.06 Å². The number of methoxy groups -OCH3 is 1. The Bertz CT molecular complexity index is 305. The summed E-state index contributed by atoms with van der Waals surface area (Å²) in [6.07, 6.45) is 2.35. The molecule has 0 fully saturated rings. The van der Waals surface area contributed by atoms with E-state index in [0.29, 0.717) is 0 Å². The first-order valence-corrected chi connectivity index (χ1v) is 3.99. The Labute approximate surface area is 73.2 Å². The van der Waals surface area contributed by atoms with Crippen LogP contribution in [-0.4, -0.2) is 12.0 Å². The highest BCUT2D eigenvalue weighted by Gasteiger charge is 1.96. The SMILES string of the molecule is COc1ccc(/C=C/[N+](=O)[O-])s1. The summed E-state index contributed by atoms with van der Waals surface area (Å²) >= 11 is 1.36. The first kappa shape index (κ1) is 8.73. The maximum atomic E-state index is 9.94. The molecule has 0 amide bonds. The molecule has 0 N–H and O–H groups in total. The van der Waals surface area contributed by atoms with Gasteiger partial charge in [0.25, 0.3) is 0 Å². The van der Waals surface area contributed by atoms with Gasteiger partial charge in [-0.25, -0.2) is 0 Å². The van der Waals surface area contributed by atoms with E-state index in [4.69, 9.17) is 4.74 Å². The van der Waals surface area contributed by atoms with Gasteiger partial charge in [-0.1, -0.05) is 11.3 Å². The van der Waals surface area contributed by atoms with Crippen LogP contribution in [0.15, 0.2) is 18.3 Å². The molecule has 0 aromatic carbocycles. The lowest BCUT2D eigenvalue weighted by Crippen LogP contribution is -1.80. The van der Waals surface area contributed by atoms with Crippen molar-refractivity contribution in [2.45, 2.75) is 0 Å². The summed E-state index contributed by atoms with van der Waals surface area (Å²) in [4.78, 5) is 10.3. The molecule has 0 aliphatic carbocycles. The maximum Gasteiger partial charge on any atom is 0.235 e. The van der Waals surface area contributed by atoms with Gasteiger partial charge in [-0.15, -0.1) is 0 Å². The van der Waals surface area contributed by atoms with E-state index in [-0.39, 0.29) is 0 Å². The minimum Gasteiger partial charge on any atom is -0.487 e. The van der Waals surface area contributed by atoms with Crippen LogP contribution >= 0.6 is 11.3 Å². The highest BCUT2D eigenvalue weighted by atomic mass is 32.1. The molecule has 0 saturated carbocycles. The molecule has 5 heteroatoms. The number of ether oxygens (including phenoxy) is 1. The van der Waals surface area contributed by atoms with Crippen LogP contribution in [-0.2, 0) is 0 Å². The molecule has 0 spiro atoms. The van der Waals surface area contributed by atoms with E-state index in [1.54, 1.807) is 19.2 Å². The summed E-state index contributed by atoms with van der Waals surface area (Å²) < 4.78 is 4.92. The van der Waals surface area contributed by atoms with Crippen LogP contribution in [0.1, 0.15) is 4.88 Å². The molecule has 1 rings (SSSR count). The Morgan fingerprint density at radius 2 is 2.42 bits per heavy atom. The molecule has 64 valence electrons. The van der Waals surface area contributed by atoms with Crippen LogP contribution in [0.25, 0.3) is 6.08 Å². The summed E-state index contributed by atoms with van der Waals surface area (Å²) in [6, 6.07) is 3.54. The third-order valence-corrected chi connectivity index (χ3v) is 2.18. The Morgan fingerprint density at radius 1 is 1.67 bits per heavy atom. The molecular weight excluding hydrogens is 178 g/mol. The number of hydrogen-bond donors (Lipinski definition) is 0. The average Bonchev–Trinajstić information content (AvgIpc) is 2.48. The second-order valence-electron chi connectivity index (χ2n) is 1.96. The number of rotatable bonds is 3. The van der Waals surface area contributed by atoms with E-state index < -0.39 is 4.92 Å². The minimum atomic E-state index is -0.494. The van der Waals surface area contributed by atoms with Crippen LogP contribution in [0.3, 0.4) is 0 Å². The van der Waals surface area contributed by atoms with E-state index in [2.05, 4.69) is 0 Å². The molecule has 0 unspecified atom stereocenters. The summed E-state index contributed by atoms with van der Waals surface area (Å²) in [7, 11) is 1.56. The quantitative estimate of drug-likeness (QED) is 0.534. The van der Waals surface area contributed by atoms with Crippen molar-refractivity contribution in [1.82, 2.24) is 0 Å². The van der Waals surface area contributed by atoms with Gasteiger partial charge in [0.15, 0.2) is 5.06 Å². The van der Waals surface area contributed by atoms with Gasteiger partial charge in [0.1, 0.15) is 0 Å². The fourth-order valence-corrected chi connectivity index (χ4v) is 1.38. The third-order valence-electron chi connectivity index (χ3n) is 1.16. The highest BCUT2D eigenvalue weighted by molar-refractivity contribution is 7.14. The zero-order valence-corrected chi connectivity index (χ0v) is 7.21. The summed E-state index contributed by atoms with van der Waals surface area (Å²) in [5.41, 5.74) is 0. The van der Waals surface area contributed by atoms with Crippen LogP contribution in [0, 0.1) is 10.1 Å². The first-order valence-electron chi connectivity index (χ1n) is 3.18. The molecular formula is C7H7NO3S. The predicted octanol–water partition coefficient (Wildman–Crippen LogP) is 2.00. The van der Waals surface area contributed by atoms with Gasteiger partial charge in [0.2, 0.25) is 6.20 Å². The number of nitro groups is 1. The molecule has 0 atom stereocenters. The summed E-state index contributed by atoms with van der Waals surface area (Å²) in [5, 5.41) is 10.7. The van der Waals surface area contributed by atoms with Crippen molar-refractivity contribution < 1.29 is 9.66 Å². The van der Waals surface area contributed by atoms with Gasteiger partial charge < -0.3 is 4.74 Å². The molecule has 1 aromatic rings. The van der Waals surface area contributed by atoms with Crippen LogP contribution in [0.5, 0.6) is 5.06 Å². The molecule has 0 aliphatic heterocycles. The van der Waals surface area contributed by atoms with Gasteiger partial charge in [-0.3, -0.25) is 10.1 Å². The van der Waals surface area contributed by atoms with Crippen molar-refractivity contribution in [1.29, 1.82) is 0 Å². The zero-order chi connectivity index (χ0) is 8.97. The van der Waals surface area contributed by atoms with Gasteiger partial charge in [-0.05, 0) is 12.1 Å². The zero-order valence-electron chi connectivity index (χ0n) is 6.39. The fraction of sp³-hybridized carbons (Fsp3) is 0.143. The summed E-state index contributed by atoms with van der Waals surface area (Å²) in [6.45, 7) is 0. The largest absolute Gasteiger partial charge is 0.487 e. The molecule has 4 nitrogen and oxygen atoms in total. The van der Waals surface area contributed by atoms with Crippen LogP contribution < -0.4 is 4.74 Å². The lowest BCUT2D eigenvalue weighted by molar-refractivity contribution is -0.400. The van der Waals surface area contributed by atoms with Crippen molar-refractivity contribution in [3.05, 3.63) is 33.3 Å². The topological polar surface area (TPSA) is 52.4 Å². The van der Waals surface area contributed by atoms with Crippen LogP contribution in [0.4, 0.5) is 0 Å². The summed E-state index contributed by atoms with van der Waals surface area (Å²) in [5.74, 6) is 0. The average molecular weight is 185 g/mol. The van der Waals surface area contributed by atoms with Crippen molar-refractivity contribution in [2.75, 3.05) is 7.11 Å². The normalized spacial score (nSPS) is 10.4. The minimum absolute atomic E-state index is 0.494. The van der Waals surface area contributed by atoms with Crippen molar-refractivity contribution in [3.63, 3.8) is 0 Å². The van der Waals surface area contributed by atoms with E-state index >= 15 is 0 Å². The second kappa shape index (κ2) is 3.87. The van der Waals surface area contributed by atoms with Gasteiger partial charge in [0.05, 0.1) is 12.0 Å². The van der Waals surface area contributed by atoms with E-state index in [9.17, 15) is 10.1 Å². The number of nitrogens with zero attached hydrogens (tertiary/aromatic N) is 1. The van der Waals surface area contributed by atoms with Crippen molar-refractivity contribution >= 4 is 17.4 Å². The van der Waals surface area contributed by atoms with Gasteiger partial charge >= 0.3 is 0 Å². The van der Waals surface area contributed by atoms with E-state index in [1.165, 1.54) is 17.4 Å². The molecule has 0 aliphatic rings. The first-order chi connectivity index (χ1) is 5.72. The molecule has 1 heterocycles. The lowest BCUT2D eigenvalue weighted by Gasteiger charge is -1.87. The van der Waals surface area contributed by atoms with E-state index in [0.717, 1.165) is 16.1 Å². The Kier molecular flexibility index (Phi) is 2.82. The maximum absolute atomic E-state index is 9.94. The number of hydrogen-bond acceptors (Lipinski definition) is 4. The van der Waals surface area contributed by atoms with Crippen molar-refractivity contribution in [2.24, 2.45) is 0 Å². The monoisotopic (exact) mass is 185 g/mol. The third kappa shape index (κ3) is 2.35. The Hall–Kier alpha value is -1.36. The Balaban J connectivity index is 2.70. The van der Waals surface area contributed by atoms with Crippen LogP contribution in [0.2, 0.25) is 0 Å². The van der Waals surface area contributed by atoms with E-state index in [1.807, 2.05) is 0 Å². The molecule has 0 bridgehead atoms. The van der Waals surface area contributed by atoms with Gasteiger partial charge in [0, 0.05) is 11.0 Å². The highest BCUT2D eigenvalue weighted by Crippen LogP contribution is 2.24. The fourth-order valence-electron chi connectivity index (χ4n) is 0.668. The standard InChI is InChI=1S/C7H7NO3S/c1-11-7-3-2-6(12-7)4-5-8(9)10/h2-5H,1H3/b5-4+. The second-order valence-corrected chi connectivity index (χ2v) is 3.04. The number of thiophene rings is 1. The lowest BCUT2D eigenvalue weighted by atomic mass is 10.4. The molecule has 12 heavy (non-hydrogen) atoms. The predicted molar refractivity (Wildman–Crippen MR) is 46.9 cm³/mol.